The number of methoxy groups -OCH3 is 1. The van der Waals surface area contributed by atoms with Crippen molar-refractivity contribution in [2.45, 2.75) is 6.23 Å². The number of benzene rings is 3. The minimum absolute atomic E-state index is 0.165. The zero-order valence-corrected chi connectivity index (χ0v) is 19.6. The van der Waals surface area contributed by atoms with Gasteiger partial charge < -0.3 is 14.4 Å². The third-order valence-electron chi connectivity index (χ3n) is 6.07. The molecule has 0 saturated heterocycles. The van der Waals surface area contributed by atoms with Crippen LogP contribution < -0.4 is 9.46 Å². The molecule has 1 unspecified atom stereocenters. The lowest BCUT2D eigenvalue weighted by atomic mass is 9.97. The van der Waals surface area contributed by atoms with Gasteiger partial charge in [-0.3, -0.25) is 4.79 Å². The molecule has 0 radical (unpaired) electrons. The number of carbonyl (C=O) groups is 1. The maximum Gasteiger partial charge on any atom is 0.303 e. The number of rotatable bonds is 5. The summed E-state index contributed by atoms with van der Waals surface area (Å²) in [5.41, 5.74) is 4.77. The van der Waals surface area contributed by atoms with E-state index in [4.69, 9.17) is 4.74 Å². The molecule has 4 aromatic rings. The summed E-state index contributed by atoms with van der Waals surface area (Å²) in [6.45, 7) is 0. The van der Waals surface area contributed by atoms with Crippen molar-refractivity contribution in [3.8, 4) is 28.1 Å². The molecule has 34 heavy (non-hydrogen) atoms. The second-order valence-corrected chi connectivity index (χ2v) is 10.2. The van der Waals surface area contributed by atoms with Crippen molar-refractivity contribution in [3.05, 3.63) is 77.9 Å². The van der Waals surface area contributed by atoms with Crippen molar-refractivity contribution in [2.75, 3.05) is 21.2 Å². The Kier molecular flexibility index (Phi) is 5.20. The molecule has 1 aliphatic rings. The zero-order valence-electron chi connectivity index (χ0n) is 18.8. The Balaban J connectivity index is 1.74. The van der Waals surface area contributed by atoms with E-state index in [1.807, 2.05) is 48.5 Å². The monoisotopic (exact) mass is 477 g/mol. The summed E-state index contributed by atoms with van der Waals surface area (Å²) >= 11 is 0. The van der Waals surface area contributed by atoms with E-state index in [2.05, 4.69) is 4.72 Å². The number of ether oxygens (including phenoxy) is 1. The number of nitrogens with zero attached hydrogens (tertiary/aromatic N) is 2. The second-order valence-electron chi connectivity index (χ2n) is 8.27. The average molecular weight is 478 g/mol. The van der Waals surface area contributed by atoms with Crippen molar-refractivity contribution >= 4 is 27.0 Å². The van der Waals surface area contributed by atoms with Crippen molar-refractivity contribution in [1.82, 2.24) is 13.6 Å². The van der Waals surface area contributed by atoms with E-state index < -0.39 is 22.3 Å². The fourth-order valence-electron chi connectivity index (χ4n) is 4.30. The molecule has 9 heteroatoms. The van der Waals surface area contributed by atoms with Gasteiger partial charge in [0, 0.05) is 36.2 Å². The van der Waals surface area contributed by atoms with Crippen molar-refractivity contribution in [2.24, 2.45) is 0 Å². The lowest BCUT2D eigenvalue weighted by molar-refractivity contribution is 0.0979. The van der Waals surface area contributed by atoms with Gasteiger partial charge in [0.1, 0.15) is 5.75 Å². The molecule has 2 heterocycles. The third-order valence-corrected chi connectivity index (χ3v) is 7.47. The van der Waals surface area contributed by atoms with Crippen LogP contribution in [0.1, 0.15) is 22.1 Å². The Hall–Kier alpha value is -3.66. The molecule has 0 saturated carbocycles. The molecule has 1 aromatic heterocycles. The molecular weight excluding hydrogens is 454 g/mol. The zero-order chi connectivity index (χ0) is 24.2. The van der Waals surface area contributed by atoms with Gasteiger partial charge in [0.15, 0.2) is 6.23 Å². The van der Waals surface area contributed by atoms with Crippen LogP contribution in [0.4, 0.5) is 0 Å². The topological polar surface area (TPSA) is 101 Å². The molecule has 5 rings (SSSR count). The van der Waals surface area contributed by atoms with Gasteiger partial charge in [-0.05, 0) is 47.5 Å². The van der Waals surface area contributed by atoms with Gasteiger partial charge in [-0.25, -0.2) is 4.72 Å². The summed E-state index contributed by atoms with van der Waals surface area (Å²) in [7, 11) is 0.281. The maximum atomic E-state index is 13.0. The first-order valence-electron chi connectivity index (χ1n) is 10.6. The van der Waals surface area contributed by atoms with Gasteiger partial charge >= 0.3 is 10.2 Å². The summed E-state index contributed by atoms with van der Waals surface area (Å²) in [6, 6.07) is 20.3. The third kappa shape index (κ3) is 3.45. The smallest absolute Gasteiger partial charge is 0.303 e. The number of aliphatic hydroxyl groups is 1. The average Bonchev–Trinajstić information content (AvgIpc) is 3.33. The predicted molar refractivity (Wildman–Crippen MR) is 130 cm³/mol. The van der Waals surface area contributed by atoms with Crippen LogP contribution in [0, 0.1) is 0 Å². The fraction of sp³-hybridized carbons (Fsp3) is 0.160. The van der Waals surface area contributed by atoms with Crippen molar-refractivity contribution in [1.29, 1.82) is 0 Å². The first-order valence-corrected chi connectivity index (χ1v) is 12.0. The molecule has 1 atom stereocenters. The Morgan fingerprint density at radius 1 is 1.03 bits per heavy atom. The number of nitrogens with one attached hydrogen (secondary N) is 1. The number of carbonyl (C=O) groups excluding carboxylic acids is 1. The molecule has 0 fully saturated rings. The largest absolute Gasteiger partial charge is 0.497 e. The summed E-state index contributed by atoms with van der Waals surface area (Å²) in [4.78, 5) is 13.0. The molecule has 0 aliphatic carbocycles. The molecule has 1 amide bonds. The molecule has 0 spiro atoms. The molecule has 0 bridgehead atoms. The molecule has 8 nitrogen and oxygen atoms in total. The van der Waals surface area contributed by atoms with E-state index >= 15 is 0 Å². The minimum atomic E-state index is -3.97. The first-order chi connectivity index (χ1) is 16.2. The van der Waals surface area contributed by atoms with Crippen LogP contribution in [0.3, 0.4) is 0 Å². The summed E-state index contributed by atoms with van der Waals surface area (Å²) < 4.78 is 34.6. The van der Waals surface area contributed by atoms with Gasteiger partial charge in [-0.2, -0.15) is 12.7 Å². The van der Waals surface area contributed by atoms with Crippen LogP contribution in [0.2, 0.25) is 0 Å². The predicted octanol–water partition coefficient (Wildman–Crippen LogP) is 3.37. The van der Waals surface area contributed by atoms with E-state index in [0.717, 1.165) is 32.1 Å². The number of amides is 1. The molecule has 1 aliphatic heterocycles. The highest BCUT2D eigenvalue weighted by Gasteiger charge is 2.31. The lowest BCUT2D eigenvalue weighted by Crippen LogP contribution is -2.39. The van der Waals surface area contributed by atoms with Gasteiger partial charge in [-0.1, -0.05) is 30.3 Å². The van der Waals surface area contributed by atoms with Crippen LogP contribution in [0.25, 0.3) is 33.3 Å². The van der Waals surface area contributed by atoms with E-state index in [1.54, 1.807) is 29.9 Å². The van der Waals surface area contributed by atoms with E-state index in [9.17, 15) is 18.3 Å². The lowest BCUT2D eigenvalue weighted by Gasteiger charge is -2.15. The number of aromatic nitrogens is 1. The molecule has 174 valence electrons. The number of hydrogen-bond donors (Lipinski definition) is 2. The fourth-order valence-corrected chi connectivity index (χ4v) is 4.84. The molecular formula is C25H23N3O5S. The van der Waals surface area contributed by atoms with Crippen LogP contribution >= 0.6 is 0 Å². The normalized spacial score (nSPS) is 14.8. The molecule has 3 aromatic carbocycles. The van der Waals surface area contributed by atoms with E-state index in [1.165, 1.54) is 14.1 Å². The molecule has 2 N–H and O–H groups in total. The van der Waals surface area contributed by atoms with E-state index in [-0.39, 0.29) is 5.56 Å². The standard InChI is InChI=1S/C25H23N3O5S/c1-27(2)34(31,32)26-24(29)16-11-19(15-7-5-4-6-8-15)20-14-23-18-10-9-17(33-3)13-21(18)25(30)28(23)22(20)12-16/h4-14,25,30H,1-3H3,(H,26,29). The SMILES string of the molecule is COc1ccc2c(c1)C(O)n1c-2cc2c(-c3ccccc3)cc(C(=O)NS(=O)(=O)N(C)C)cc21. The van der Waals surface area contributed by atoms with Crippen LogP contribution in [0.5, 0.6) is 5.75 Å². The Bertz CT molecular complexity index is 1540. The van der Waals surface area contributed by atoms with Gasteiger partial charge in [0.25, 0.3) is 5.91 Å². The highest BCUT2D eigenvalue weighted by Crippen LogP contribution is 2.46. The van der Waals surface area contributed by atoms with Crippen LogP contribution in [-0.4, -0.2) is 49.5 Å². The van der Waals surface area contributed by atoms with Crippen LogP contribution in [-0.2, 0) is 10.2 Å². The second kappa shape index (κ2) is 7.98. The van der Waals surface area contributed by atoms with Gasteiger partial charge in [-0.15, -0.1) is 0 Å². The summed E-state index contributed by atoms with van der Waals surface area (Å²) in [5, 5.41) is 12.0. The number of aliphatic hydroxyl groups excluding tert-OH is 1. The van der Waals surface area contributed by atoms with Crippen LogP contribution in [0.15, 0.2) is 66.7 Å². The van der Waals surface area contributed by atoms with Gasteiger partial charge in [0.2, 0.25) is 0 Å². The number of fused-ring (bicyclic) bond motifs is 5. The Morgan fingerprint density at radius 2 is 1.76 bits per heavy atom. The Morgan fingerprint density at radius 3 is 2.44 bits per heavy atom. The van der Waals surface area contributed by atoms with E-state index in [0.29, 0.717) is 16.8 Å². The number of hydrogen-bond acceptors (Lipinski definition) is 5. The minimum Gasteiger partial charge on any atom is -0.497 e. The van der Waals surface area contributed by atoms with Crippen molar-refractivity contribution in [3.63, 3.8) is 0 Å². The van der Waals surface area contributed by atoms with Gasteiger partial charge in [0.05, 0.1) is 18.3 Å². The maximum absolute atomic E-state index is 13.0. The highest BCUT2D eigenvalue weighted by molar-refractivity contribution is 7.87. The van der Waals surface area contributed by atoms with Crippen molar-refractivity contribution < 1.29 is 23.1 Å². The summed E-state index contributed by atoms with van der Waals surface area (Å²) in [6.07, 6.45) is -0.981. The highest BCUT2D eigenvalue weighted by atomic mass is 32.2. The Labute approximate surface area is 197 Å². The summed E-state index contributed by atoms with van der Waals surface area (Å²) in [5.74, 6) is -0.123. The first kappa shape index (κ1) is 22.1. The quantitative estimate of drug-likeness (QED) is 0.459.